The summed E-state index contributed by atoms with van der Waals surface area (Å²) >= 11 is 0. The maximum atomic E-state index is 11.8. The lowest BCUT2D eigenvalue weighted by Crippen LogP contribution is -2.40. The second-order valence-corrected chi connectivity index (χ2v) is 5.49. The zero-order chi connectivity index (χ0) is 12.8. The Morgan fingerprint density at radius 3 is 2.38 bits per heavy atom. The van der Waals surface area contributed by atoms with E-state index in [9.17, 15) is 4.79 Å². The molecule has 2 atom stereocenters. The van der Waals surface area contributed by atoms with Crippen LogP contribution in [-0.2, 0) is 9.53 Å². The highest BCUT2D eigenvalue weighted by atomic mass is 16.5. The Bertz CT molecular complexity index is 212. The fourth-order valence-corrected chi connectivity index (χ4v) is 1.49. The average Bonchev–Trinajstić information content (AvgIpc) is 2.20. The van der Waals surface area contributed by atoms with Crippen molar-refractivity contribution in [2.24, 2.45) is 17.1 Å². The van der Waals surface area contributed by atoms with Gasteiger partial charge in [0.2, 0.25) is 5.91 Å². The van der Waals surface area contributed by atoms with Gasteiger partial charge in [0.1, 0.15) is 0 Å². The third-order valence-corrected chi connectivity index (χ3v) is 2.48. The Balaban J connectivity index is 4.11. The molecule has 4 heteroatoms. The summed E-state index contributed by atoms with van der Waals surface area (Å²) in [6, 6.07) is 0. The Labute approximate surface area is 98.9 Å². The summed E-state index contributed by atoms with van der Waals surface area (Å²) in [5.41, 5.74) is 5.75. The van der Waals surface area contributed by atoms with Crippen molar-refractivity contribution in [1.82, 2.24) is 5.32 Å². The van der Waals surface area contributed by atoms with Gasteiger partial charge in [-0.2, -0.15) is 0 Å². The first-order valence-electron chi connectivity index (χ1n) is 5.80. The minimum Gasteiger partial charge on any atom is -0.380 e. The van der Waals surface area contributed by atoms with Gasteiger partial charge >= 0.3 is 0 Å². The van der Waals surface area contributed by atoms with Gasteiger partial charge in [0.25, 0.3) is 0 Å². The van der Waals surface area contributed by atoms with Crippen LogP contribution >= 0.6 is 0 Å². The van der Waals surface area contributed by atoms with E-state index in [0.717, 1.165) is 6.42 Å². The van der Waals surface area contributed by atoms with E-state index in [1.807, 2.05) is 6.92 Å². The lowest BCUT2D eigenvalue weighted by atomic mass is 9.84. The molecule has 0 aromatic rings. The molecule has 0 bridgehead atoms. The quantitative estimate of drug-likeness (QED) is 0.719. The smallest absolute Gasteiger partial charge is 0.224 e. The molecule has 0 aromatic carbocycles. The number of ether oxygens (including phenoxy) is 1. The van der Waals surface area contributed by atoms with E-state index in [0.29, 0.717) is 13.1 Å². The molecular formula is C12H26N2O2. The number of amides is 1. The first kappa shape index (κ1) is 15.4. The molecule has 0 radical (unpaired) electrons. The highest BCUT2D eigenvalue weighted by Gasteiger charge is 2.23. The second kappa shape index (κ2) is 6.86. The van der Waals surface area contributed by atoms with Gasteiger partial charge in [-0.3, -0.25) is 4.79 Å². The molecule has 0 saturated carbocycles. The van der Waals surface area contributed by atoms with Gasteiger partial charge in [-0.05, 0) is 18.8 Å². The summed E-state index contributed by atoms with van der Waals surface area (Å²) in [4.78, 5) is 11.8. The largest absolute Gasteiger partial charge is 0.380 e. The molecule has 0 fully saturated rings. The van der Waals surface area contributed by atoms with Crippen LogP contribution in [0.5, 0.6) is 0 Å². The first-order valence-corrected chi connectivity index (χ1v) is 5.80. The van der Waals surface area contributed by atoms with Crippen LogP contribution in [0.4, 0.5) is 0 Å². The number of nitrogens with two attached hydrogens (primary N) is 1. The van der Waals surface area contributed by atoms with Crippen LogP contribution in [0.1, 0.15) is 34.1 Å². The Morgan fingerprint density at radius 2 is 2.00 bits per heavy atom. The monoisotopic (exact) mass is 230 g/mol. The number of methoxy groups -OCH3 is 1. The van der Waals surface area contributed by atoms with E-state index >= 15 is 0 Å². The van der Waals surface area contributed by atoms with Gasteiger partial charge in [0.15, 0.2) is 0 Å². The van der Waals surface area contributed by atoms with E-state index in [4.69, 9.17) is 10.5 Å². The second-order valence-electron chi connectivity index (χ2n) is 5.49. The SMILES string of the molecule is COC(C)CNC(=O)C(CN)CC(C)(C)C. The van der Waals surface area contributed by atoms with Crippen molar-refractivity contribution in [3.8, 4) is 0 Å². The molecule has 0 aliphatic carbocycles. The van der Waals surface area contributed by atoms with E-state index in [1.54, 1.807) is 7.11 Å². The van der Waals surface area contributed by atoms with E-state index in [2.05, 4.69) is 26.1 Å². The van der Waals surface area contributed by atoms with Crippen molar-refractivity contribution in [2.45, 2.75) is 40.2 Å². The molecule has 0 spiro atoms. The van der Waals surface area contributed by atoms with Gasteiger partial charge in [-0.1, -0.05) is 20.8 Å². The molecule has 0 rings (SSSR count). The molecule has 16 heavy (non-hydrogen) atoms. The van der Waals surface area contributed by atoms with Crippen LogP contribution in [0.25, 0.3) is 0 Å². The maximum Gasteiger partial charge on any atom is 0.224 e. The summed E-state index contributed by atoms with van der Waals surface area (Å²) < 4.78 is 5.07. The third-order valence-electron chi connectivity index (χ3n) is 2.48. The summed E-state index contributed by atoms with van der Waals surface area (Å²) in [7, 11) is 1.63. The number of hydrogen-bond acceptors (Lipinski definition) is 3. The van der Waals surface area contributed by atoms with Crippen molar-refractivity contribution in [3.05, 3.63) is 0 Å². The van der Waals surface area contributed by atoms with Gasteiger partial charge in [0, 0.05) is 20.2 Å². The Hall–Kier alpha value is -0.610. The van der Waals surface area contributed by atoms with Crippen molar-refractivity contribution in [1.29, 1.82) is 0 Å². The molecule has 0 aliphatic heterocycles. The standard InChI is InChI=1S/C12H26N2O2/c1-9(16-5)8-14-11(15)10(7-13)6-12(2,3)4/h9-10H,6-8,13H2,1-5H3,(H,14,15). The molecule has 4 nitrogen and oxygen atoms in total. The van der Waals surface area contributed by atoms with E-state index < -0.39 is 0 Å². The highest BCUT2D eigenvalue weighted by molar-refractivity contribution is 5.78. The van der Waals surface area contributed by atoms with Crippen molar-refractivity contribution >= 4 is 5.91 Å². The first-order chi connectivity index (χ1) is 7.30. The summed E-state index contributed by atoms with van der Waals surface area (Å²) in [6.45, 7) is 9.18. The van der Waals surface area contributed by atoms with Crippen LogP contribution in [-0.4, -0.2) is 32.2 Å². The third kappa shape index (κ3) is 6.80. The van der Waals surface area contributed by atoms with Gasteiger partial charge in [-0.25, -0.2) is 0 Å². The van der Waals surface area contributed by atoms with Crippen molar-refractivity contribution < 1.29 is 9.53 Å². The van der Waals surface area contributed by atoms with Crippen molar-refractivity contribution in [2.75, 3.05) is 20.2 Å². The number of carbonyl (C=O) groups is 1. The van der Waals surface area contributed by atoms with Crippen LogP contribution in [0.15, 0.2) is 0 Å². The minimum absolute atomic E-state index is 0.0290. The fourth-order valence-electron chi connectivity index (χ4n) is 1.49. The van der Waals surface area contributed by atoms with Gasteiger partial charge < -0.3 is 15.8 Å². The molecule has 1 amide bonds. The maximum absolute atomic E-state index is 11.8. The molecule has 2 unspecified atom stereocenters. The number of rotatable bonds is 6. The average molecular weight is 230 g/mol. The predicted molar refractivity (Wildman–Crippen MR) is 66.1 cm³/mol. The van der Waals surface area contributed by atoms with E-state index in [1.165, 1.54) is 0 Å². The van der Waals surface area contributed by atoms with Crippen molar-refractivity contribution in [3.63, 3.8) is 0 Å². The summed E-state index contributed by atoms with van der Waals surface area (Å²) in [6.07, 6.45) is 0.841. The zero-order valence-corrected chi connectivity index (χ0v) is 11.2. The molecule has 96 valence electrons. The molecular weight excluding hydrogens is 204 g/mol. The normalized spacial score (nSPS) is 15.6. The predicted octanol–water partition coefficient (Wildman–Crippen LogP) is 1.15. The molecule has 0 aliphatic rings. The Kier molecular flexibility index (Phi) is 6.60. The van der Waals surface area contributed by atoms with Crippen LogP contribution in [0.2, 0.25) is 0 Å². The van der Waals surface area contributed by atoms with Gasteiger partial charge in [0.05, 0.1) is 12.0 Å². The van der Waals surface area contributed by atoms with Crippen LogP contribution in [0, 0.1) is 11.3 Å². The Morgan fingerprint density at radius 1 is 1.44 bits per heavy atom. The fraction of sp³-hybridized carbons (Fsp3) is 0.917. The van der Waals surface area contributed by atoms with Crippen LogP contribution < -0.4 is 11.1 Å². The summed E-state index contributed by atoms with van der Waals surface area (Å²) in [5, 5.41) is 2.86. The molecule has 0 aromatic heterocycles. The lowest BCUT2D eigenvalue weighted by molar-refractivity contribution is -0.126. The molecule has 3 N–H and O–H groups in total. The van der Waals surface area contributed by atoms with E-state index in [-0.39, 0.29) is 23.3 Å². The number of nitrogens with one attached hydrogen (secondary N) is 1. The zero-order valence-electron chi connectivity index (χ0n) is 11.2. The minimum atomic E-state index is -0.107. The number of hydrogen-bond donors (Lipinski definition) is 2. The molecule has 0 heterocycles. The lowest BCUT2D eigenvalue weighted by Gasteiger charge is -2.24. The topological polar surface area (TPSA) is 64.3 Å². The highest BCUT2D eigenvalue weighted by Crippen LogP contribution is 2.23. The van der Waals surface area contributed by atoms with Crippen LogP contribution in [0.3, 0.4) is 0 Å². The number of carbonyl (C=O) groups excluding carboxylic acids is 1. The molecule has 0 saturated heterocycles. The summed E-state index contributed by atoms with van der Waals surface area (Å²) in [5.74, 6) is -0.0784. The van der Waals surface area contributed by atoms with Gasteiger partial charge in [-0.15, -0.1) is 0 Å².